The average Bonchev–Trinajstić information content (AvgIpc) is 2.48. The number of fused-ring (bicyclic) bond motifs is 2. The van der Waals surface area contributed by atoms with Crippen LogP contribution in [0.4, 0.5) is 5.82 Å². The SMILES string of the molecule is NC1CC(CNc2nccc3cc4c(cc23)OCCO4)C1. The highest BCUT2D eigenvalue weighted by Crippen LogP contribution is 2.36. The maximum Gasteiger partial charge on any atom is 0.162 e. The van der Waals surface area contributed by atoms with Crippen molar-refractivity contribution < 1.29 is 9.47 Å². The summed E-state index contributed by atoms with van der Waals surface area (Å²) in [6.45, 7) is 2.13. The predicted molar refractivity (Wildman–Crippen MR) is 81.9 cm³/mol. The van der Waals surface area contributed by atoms with Gasteiger partial charge in [-0.25, -0.2) is 4.98 Å². The lowest BCUT2D eigenvalue weighted by molar-refractivity contribution is 0.172. The topological polar surface area (TPSA) is 69.4 Å². The molecule has 5 heteroatoms. The zero-order valence-corrected chi connectivity index (χ0v) is 11.8. The number of anilines is 1. The maximum absolute atomic E-state index is 5.83. The number of hydrogen-bond donors (Lipinski definition) is 2. The number of pyridine rings is 1. The minimum Gasteiger partial charge on any atom is -0.486 e. The predicted octanol–water partition coefficient (Wildman–Crippen LogP) is 2.16. The van der Waals surface area contributed by atoms with Gasteiger partial charge in [-0.2, -0.15) is 0 Å². The van der Waals surface area contributed by atoms with Crippen molar-refractivity contribution in [3.8, 4) is 11.5 Å². The molecule has 0 spiro atoms. The first-order chi connectivity index (χ1) is 10.3. The summed E-state index contributed by atoms with van der Waals surface area (Å²) < 4.78 is 11.3. The molecule has 5 nitrogen and oxygen atoms in total. The third-order valence-electron chi connectivity index (χ3n) is 4.26. The van der Waals surface area contributed by atoms with Crippen LogP contribution in [0.1, 0.15) is 12.8 Å². The van der Waals surface area contributed by atoms with Gasteiger partial charge in [-0.15, -0.1) is 0 Å². The number of benzene rings is 1. The molecule has 3 N–H and O–H groups in total. The Morgan fingerprint density at radius 2 is 1.95 bits per heavy atom. The van der Waals surface area contributed by atoms with E-state index in [1.165, 1.54) is 0 Å². The maximum atomic E-state index is 5.83. The Morgan fingerprint density at radius 3 is 2.71 bits per heavy atom. The monoisotopic (exact) mass is 285 g/mol. The fourth-order valence-electron chi connectivity index (χ4n) is 3.04. The van der Waals surface area contributed by atoms with Gasteiger partial charge in [0.25, 0.3) is 0 Å². The Balaban J connectivity index is 1.62. The number of rotatable bonds is 3. The first-order valence-corrected chi connectivity index (χ1v) is 7.47. The quantitative estimate of drug-likeness (QED) is 0.904. The molecular formula is C16H19N3O2. The van der Waals surface area contributed by atoms with Gasteiger partial charge in [-0.1, -0.05) is 0 Å². The van der Waals surface area contributed by atoms with Crippen molar-refractivity contribution in [3.63, 3.8) is 0 Å². The smallest absolute Gasteiger partial charge is 0.162 e. The van der Waals surface area contributed by atoms with Gasteiger partial charge < -0.3 is 20.5 Å². The molecule has 2 aromatic rings. The molecule has 4 rings (SSSR count). The van der Waals surface area contributed by atoms with E-state index in [4.69, 9.17) is 15.2 Å². The second-order valence-corrected chi connectivity index (χ2v) is 5.85. The van der Waals surface area contributed by atoms with Crippen LogP contribution in [-0.4, -0.2) is 30.8 Å². The Labute approximate surface area is 123 Å². The Kier molecular flexibility index (Phi) is 3.07. The average molecular weight is 285 g/mol. The Bertz CT molecular complexity index is 668. The van der Waals surface area contributed by atoms with Crippen LogP contribution in [0.5, 0.6) is 11.5 Å². The van der Waals surface area contributed by atoms with E-state index in [0.29, 0.717) is 25.2 Å². The summed E-state index contributed by atoms with van der Waals surface area (Å²) in [4.78, 5) is 4.47. The fourth-order valence-corrected chi connectivity index (χ4v) is 3.04. The van der Waals surface area contributed by atoms with Crippen molar-refractivity contribution in [3.05, 3.63) is 24.4 Å². The molecule has 0 saturated heterocycles. The van der Waals surface area contributed by atoms with Gasteiger partial charge in [-0.3, -0.25) is 0 Å². The molecule has 2 heterocycles. The van der Waals surface area contributed by atoms with Crippen molar-refractivity contribution in [2.75, 3.05) is 25.1 Å². The van der Waals surface area contributed by atoms with Crippen molar-refractivity contribution in [1.29, 1.82) is 0 Å². The van der Waals surface area contributed by atoms with Crippen molar-refractivity contribution in [2.45, 2.75) is 18.9 Å². The summed E-state index contributed by atoms with van der Waals surface area (Å²) in [5.41, 5.74) is 5.83. The second-order valence-electron chi connectivity index (χ2n) is 5.85. The fraction of sp³-hybridized carbons (Fsp3) is 0.438. The van der Waals surface area contributed by atoms with E-state index >= 15 is 0 Å². The van der Waals surface area contributed by atoms with Gasteiger partial charge >= 0.3 is 0 Å². The highest BCUT2D eigenvalue weighted by molar-refractivity contribution is 5.94. The van der Waals surface area contributed by atoms with Gasteiger partial charge in [-0.05, 0) is 42.3 Å². The summed E-state index contributed by atoms with van der Waals surface area (Å²) in [7, 11) is 0. The van der Waals surface area contributed by atoms with E-state index in [9.17, 15) is 0 Å². The molecule has 0 bridgehead atoms. The standard InChI is InChI=1S/C16H19N3O2/c17-12-5-10(6-12)9-19-16-13-8-15-14(20-3-4-21-15)7-11(13)1-2-18-16/h1-2,7-8,10,12H,3-6,9,17H2,(H,18,19). The van der Waals surface area contributed by atoms with Crippen molar-refractivity contribution in [2.24, 2.45) is 11.7 Å². The molecule has 1 saturated carbocycles. The van der Waals surface area contributed by atoms with E-state index in [1.807, 2.05) is 24.4 Å². The molecule has 1 aliphatic heterocycles. The van der Waals surface area contributed by atoms with E-state index in [0.717, 1.165) is 47.5 Å². The van der Waals surface area contributed by atoms with E-state index < -0.39 is 0 Å². The van der Waals surface area contributed by atoms with Gasteiger partial charge in [0.1, 0.15) is 19.0 Å². The largest absolute Gasteiger partial charge is 0.486 e. The van der Waals surface area contributed by atoms with Crippen LogP contribution in [-0.2, 0) is 0 Å². The first kappa shape index (κ1) is 12.7. The normalized spacial score (nSPS) is 23.7. The molecule has 0 radical (unpaired) electrons. The number of ether oxygens (including phenoxy) is 2. The summed E-state index contributed by atoms with van der Waals surface area (Å²) in [6.07, 6.45) is 4.03. The Hall–Kier alpha value is -2.01. The third kappa shape index (κ3) is 2.38. The zero-order valence-electron chi connectivity index (χ0n) is 11.8. The van der Waals surface area contributed by atoms with Gasteiger partial charge in [0.15, 0.2) is 11.5 Å². The molecular weight excluding hydrogens is 266 g/mol. The summed E-state index contributed by atoms with van der Waals surface area (Å²) in [6, 6.07) is 6.43. The third-order valence-corrected chi connectivity index (χ3v) is 4.26. The van der Waals surface area contributed by atoms with Crippen molar-refractivity contribution in [1.82, 2.24) is 4.98 Å². The van der Waals surface area contributed by atoms with Gasteiger partial charge in [0, 0.05) is 24.2 Å². The van der Waals surface area contributed by atoms with Crippen LogP contribution in [0.2, 0.25) is 0 Å². The van der Waals surface area contributed by atoms with Crippen LogP contribution in [0.25, 0.3) is 10.8 Å². The van der Waals surface area contributed by atoms with Crippen LogP contribution in [0.15, 0.2) is 24.4 Å². The second kappa shape index (κ2) is 5.07. The lowest BCUT2D eigenvalue weighted by atomic mass is 9.81. The Morgan fingerprint density at radius 1 is 1.19 bits per heavy atom. The molecule has 110 valence electrons. The minimum atomic E-state index is 0.384. The van der Waals surface area contributed by atoms with Crippen LogP contribution < -0.4 is 20.5 Å². The number of nitrogens with two attached hydrogens (primary N) is 1. The lowest BCUT2D eigenvalue weighted by Crippen LogP contribution is -2.39. The number of nitrogens with one attached hydrogen (secondary N) is 1. The minimum absolute atomic E-state index is 0.384. The molecule has 1 fully saturated rings. The molecule has 1 aromatic heterocycles. The van der Waals surface area contributed by atoms with E-state index in [1.54, 1.807) is 0 Å². The highest BCUT2D eigenvalue weighted by Gasteiger charge is 2.25. The number of nitrogens with zero attached hydrogens (tertiary/aromatic N) is 1. The van der Waals surface area contributed by atoms with Crippen LogP contribution in [0, 0.1) is 5.92 Å². The molecule has 1 aromatic carbocycles. The molecule has 21 heavy (non-hydrogen) atoms. The van der Waals surface area contributed by atoms with Crippen LogP contribution >= 0.6 is 0 Å². The molecule has 0 unspecified atom stereocenters. The molecule has 1 aliphatic carbocycles. The zero-order chi connectivity index (χ0) is 14.2. The van der Waals surface area contributed by atoms with Crippen LogP contribution in [0.3, 0.4) is 0 Å². The molecule has 0 amide bonds. The molecule has 0 atom stereocenters. The number of hydrogen-bond acceptors (Lipinski definition) is 5. The lowest BCUT2D eigenvalue weighted by Gasteiger charge is -2.32. The van der Waals surface area contributed by atoms with Gasteiger partial charge in [0.05, 0.1) is 0 Å². The number of aromatic nitrogens is 1. The van der Waals surface area contributed by atoms with E-state index in [-0.39, 0.29) is 0 Å². The molecule has 2 aliphatic rings. The first-order valence-electron chi connectivity index (χ1n) is 7.47. The summed E-state index contributed by atoms with van der Waals surface area (Å²) in [5, 5.41) is 5.64. The summed E-state index contributed by atoms with van der Waals surface area (Å²) >= 11 is 0. The van der Waals surface area contributed by atoms with E-state index in [2.05, 4.69) is 10.3 Å². The summed E-state index contributed by atoms with van der Waals surface area (Å²) in [5.74, 6) is 3.19. The van der Waals surface area contributed by atoms with Gasteiger partial charge in [0.2, 0.25) is 0 Å². The van der Waals surface area contributed by atoms with Crippen molar-refractivity contribution >= 4 is 16.6 Å². The highest BCUT2D eigenvalue weighted by atomic mass is 16.6.